The zero-order valence-electron chi connectivity index (χ0n) is 22.8. The van der Waals surface area contributed by atoms with Crippen molar-refractivity contribution in [2.24, 2.45) is 5.10 Å². The molecule has 2 aromatic heterocycles. The number of hydrogen-bond acceptors (Lipinski definition) is 7. The van der Waals surface area contributed by atoms with Crippen LogP contribution < -0.4 is 10.1 Å². The number of aromatic nitrogens is 3. The molecule has 3 aliphatic rings. The number of amides is 3. The lowest BCUT2D eigenvalue weighted by Gasteiger charge is -2.41. The number of aliphatic hydroxyl groups excluding tert-OH is 1. The number of carbonyl (C=O) groups is 2. The van der Waals surface area contributed by atoms with Crippen LogP contribution in [0.15, 0.2) is 35.6 Å². The Kier molecular flexibility index (Phi) is 7.09. The highest BCUT2D eigenvalue weighted by atomic mass is 19.1. The molecule has 1 aromatic carbocycles. The molecule has 2 N–H and O–H groups in total. The molecule has 0 spiro atoms. The second-order valence-electron chi connectivity index (χ2n) is 10.8. The van der Waals surface area contributed by atoms with E-state index in [1.807, 2.05) is 0 Å². The predicted octanol–water partition coefficient (Wildman–Crippen LogP) is 3.17. The van der Waals surface area contributed by atoms with E-state index in [4.69, 9.17) is 4.74 Å². The normalized spacial score (nSPS) is 21.7. The standard InChI is InChI=1S/C28H28F3N7O4/c1-14-26(27(40)34-19-8-20(39)9-19)15(2)37(35-14)25-10-24(22(31)11-32-25)42-21-12-36(13-21)28(41)38-23(3-4-33-38)16-5-17(29)7-18(30)6-16/h4-7,10-11,19-21,23,39H,3,8-9,12-13H2,1-2H3,(H,34,40)/t19-,20+,23-/m0/s1. The van der Waals surface area contributed by atoms with Gasteiger partial charge in [-0.15, -0.1) is 0 Å². The van der Waals surface area contributed by atoms with E-state index in [0.29, 0.717) is 41.8 Å². The molecule has 4 heterocycles. The highest BCUT2D eigenvalue weighted by Gasteiger charge is 2.39. The minimum atomic E-state index is -0.741. The largest absolute Gasteiger partial charge is 0.483 e. The van der Waals surface area contributed by atoms with Gasteiger partial charge in [0.1, 0.15) is 17.7 Å². The number of hydrogen-bond donors (Lipinski definition) is 2. The number of hydrazone groups is 1. The van der Waals surface area contributed by atoms with Gasteiger partial charge in [0.25, 0.3) is 5.91 Å². The van der Waals surface area contributed by atoms with E-state index in [1.54, 1.807) is 13.8 Å². The molecular formula is C28H28F3N7O4. The van der Waals surface area contributed by atoms with E-state index in [2.05, 4.69) is 20.5 Å². The first-order valence-electron chi connectivity index (χ1n) is 13.5. The van der Waals surface area contributed by atoms with Crippen LogP contribution in [0.3, 0.4) is 0 Å². The van der Waals surface area contributed by atoms with Crippen LogP contribution in [0.2, 0.25) is 0 Å². The smallest absolute Gasteiger partial charge is 0.341 e. The number of carbonyl (C=O) groups excluding carboxylic acids is 2. The Morgan fingerprint density at radius 2 is 1.79 bits per heavy atom. The lowest BCUT2D eigenvalue weighted by molar-refractivity contribution is 0.0256. The molecule has 1 saturated heterocycles. The topological polar surface area (TPSA) is 125 Å². The van der Waals surface area contributed by atoms with E-state index in [0.717, 1.165) is 12.3 Å². The van der Waals surface area contributed by atoms with Crippen molar-refractivity contribution in [1.82, 2.24) is 30.0 Å². The number of halogens is 3. The second kappa shape index (κ2) is 10.7. The highest BCUT2D eigenvalue weighted by molar-refractivity contribution is 5.96. The number of aliphatic hydroxyl groups is 1. The van der Waals surface area contributed by atoms with Gasteiger partial charge in [-0.05, 0) is 44.4 Å². The molecule has 6 rings (SSSR count). The van der Waals surface area contributed by atoms with Crippen molar-refractivity contribution < 1.29 is 32.6 Å². The lowest BCUT2D eigenvalue weighted by atomic mass is 9.89. The summed E-state index contributed by atoms with van der Waals surface area (Å²) in [6.07, 6.45) is 2.91. The Bertz CT molecular complexity index is 1560. The Morgan fingerprint density at radius 3 is 2.48 bits per heavy atom. The van der Waals surface area contributed by atoms with Crippen LogP contribution in [0.5, 0.6) is 5.75 Å². The van der Waals surface area contributed by atoms with Gasteiger partial charge >= 0.3 is 6.03 Å². The predicted molar refractivity (Wildman–Crippen MR) is 143 cm³/mol. The average Bonchev–Trinajstić information content (AvgIpc) is 3.49. The number of nitrogens with one attached hydrogen (secondary N) is 1. The number of nitrogens with zero attached hydrogens (tertiary/aromatic N) is 6. The van der Waals surface area contributed by atoms with E-state index in [9.17, 15) is 27.9 Å². The molecule has 220 valence electrons. The number of rotatable bonds is 6. The number of likely N-dealkylation sites (tertiary alicyclic amines) is 1. The fraction of sp³-hybridized carbons (Fsp3) is 0.393. The molecule has 42 heavy (non-hydrogen) atoms. The van der Waals surface area contributed by atoms with E-state index in [1.165, 1.54) is 39.0 Å². The van der Waals surface area contributed by atoms with E-state index >= 15 is 0 Å². The monoisotopic (exact) mass is 583 g/mol. The summed E-state index contributed by atoms with van der Waals surface area (Å²) in [6.45, 7) is 3.69. The quantitative estimate of drug-likeness (QED) is 0.460. The van der Waals surface area contributed by atoms with Gasteiger partial charge in [0.15, 0.2) is 17.4 Å². The summed E-state index contributed by atoms with van der Waals surface area (Å²) in [5, 5.41) is 22.1. The van der Waals surface area contributed by atoms with Gasteiger partial charge in [0.05, 0.1) is 48.4 Å². The van der Waals surface area contributed by atoms with Crippen molar-refractivity contribution in [3.8, 4) is 11.6 Å². The Balaban J connectivity index is 1.11. The summed E-state index contributed by atoms with van der Waals surface area (Å²) in [7, 11) is 0. The first-order chi connectivity index (χ1) is 20.1. The van der Waals surface area contributed by atoms with Crippen LogP contribution in [0.1, 0.15) is 52.6 Å². The van der Waals surface area contributed by atoms with E-state index < -0.39 is 41.7 Å². The highest BCUT2D eigenvalue weighted by Crippen LogP contribution is 2.32. The summed E-state index contributed by atoms with van der Waals surface area (Å²) in [4.78, 5) is 31.5. The molecule has 3 amide bonds. The third-order valence-corrected chi connectivity index (χ3v) is 7.70. The number of aryl methyl sites for hydroxylation is 1. The molecule has 3 aromatic rings. The SMILES string of the molecule is Cc1nn(-c2cc(OC3CN(C(=O)N4N=CC[C@H]4c4cc(F)cc(F)c4)C3)c(F)cn2)c(C)c1C(=O)N[C@H]1C[C@@H](O)C1. The molecule has 0 radical (unpaired) electrons. The first kappa shape index (κ1) is 27.7. The van der Waals surface area contributed by atoms with Crippen molar-refractivity contribution >= 4 is 18.2 Å². The second-order valence-corrected chi connectivity index (χ2v) is 10.8. The fourth-order valence-corrected chi connectivity index (χ4v) is 5.41. The minimum absolute atomic E-state index is 0.0913. The Labute approximate surface area is 238 Å². The van der Waals surface area contributed by atoms with Gasteiger partial charge in [0, 0.05) is 30.8 Å². The van der Waals surface area contributed by atoms with Crippen molar-refractivity contribution in [2.75, 3.05) is 13.1 Å². The van der Waals surface area contributed by atoms with Gasteiger partial charge < -0.3 is 20.1 Å². The van der Waals surface area contributed by atoms with Crippen molar-refractivity contribution in [3.63, 3.8) is 0 Å². The third-order valence-electron chi connectivity index (χ3n) is 7.70. The van der Waals surface area contributed by atoms with Crippen LogP contribution in [0, 0.1) is 31.3 Å². The Morgan fingerprint density at radius 1 is 1.07 bits per heavy atom. The average molecular weight is 584 g/mol. The zero-order chi connectivity index (χ0) is 29.7. The molecule has 0 unspecified atom stereocenters. The number of urea groups is 1. The zero-order valence-corrected chi connectivity index (χ0v) is 22.8. The molecule has 14 heteroatoms. The first-order valence-corrected chi connectivity index (χ1v) is 13.5. The molecule has 1 atom stereocenters. The number of benzene rings is 1. The van der Waals surface area contributed by atoms with Crippen molar-refractivity contribution in [2.45, 2.75) is 57.4 Å². The maximum absolute atomic E-state index is 14.7. The van der Waals surface area contributed by atoms with Gasteiger partial charge in [-0.3, -0.25) is 4.79 Å². The van der Waals surface area contributed by atoms with Gasteiger partial charge in [-0.1, -0.05) is 0 Å². The summed E-state index contributed by atoms with van der Waals surface area (Å²) in [5.74, 6) is -2.34. The number of ether oxygens (including phenoxy) is 1. The van der Waals surface area contributed by atoms with Crippen molar-refractivity contribution in [1.29, 1.82) is 0 Å². The molecule has 0 bridgehead atoms. The molecule has 11 nitrogen and oxygen atoms in total. The molecule has 2 fully saturated rings. The number of pyridine rings is 1. The van der Waals surface area contributed by atoms with Crippen molar-refractivity contribution in [3.05, 3.63) is 70.4 Å². The van der Waals surface area contributed by atoms with Crippen LogP contribution in [0.4, 0.5) is 18.0 Å². The third kappa shape index (κ3) is 5.17. The molecule has 2 aliphatic heterocycles. The lowest BCUT2D eigenvalue weighted by Crippen LogP contribution is -2.58. The Hall–Kier alpha value is -4.46. The summed E-state index contributed by atoms with van der Waals surface area (Å²) < 4.78 is 49.4. The molecule has 1 saturated carbocycles. The van der Waals surface area contributed by atoms with Crippen LogP contribution in [0.25, 0.3) is 5.82 Å². The van der Waals surface area contributed by atoms with Crippen LogP contribution in [-0.4, -0.2) is 79.3 Å². The summed E-state index contributed by atoms with van der Waals surface area (Å²) in [5.41, 5.74) is 1.65. The van der Waals surface area contributed by atoms with Gasteiger partial charge in [-0.2, -0.15) is 10.2 Å². The molecular weight excluding hydrogens is 555 g/mol. The maximum Gasteiger partial charge on any atom is 0.341 e. The maximum atomic E-state index is 14.7. The minimum Gasteiger partial charge on any atom is -0.483 e. The molecule has 1 aliphatic carbocycles. The van der Waals surface area contributed by atoms with Crippen LogP contribution >= 0.6 is 0 Å². The van der Waals surface area contributed by atoms with E-state index in [-0.39, 0.29) is 36.6 Å². The summed E-state index contributed by atoms with van der Waals surface area (Å²) >= 11 is 0. The van der Waals surface area contributed by atoms with Gasteiger partial charge in [0.2, 0.25) is 0 Å². The van der Waals surface area contributed by atoms with Gasteiger partial charge in [-0.25, -0.2) is 32.6 Å². The summed E-state index contributed by atoms with van der Waals surface area (Å²) in [6, 6.07) is 3.29. The van der Waals surface area contributed by atoms with Crippen LogP contribution in [-0.2, 0) is 0 Å². The fourth-order valence-electron chi connectivity index (χ4n) is 5.41.